The lowest BCUT2D eigenvalue weighted by Gasteiger charge is -2.10. The van der Waals surface area contributed by atoms with Crippen molar-refractivity contribution in [3.05, 3.63) is 34.8 Å². The minimum absolute atomic E-state index is 0.346. The van der Waals surface area contributed by atoms with E-state index in [1.807, 2.05) is 19.4 Å². The number of aryl methyl sites for hydroxylation is 1. The van der Waals surface area contributed by atoms with Gasteiger partial charge in [-0.1, -0.05) is 6.07 Å². The highest BCUT2D eigenvalue weighted by atomic mass is 32.1. The van der Waals surface area contributed by atoms with Crippen molar-refractivity contribution in [3.63, 3.8) is 0 Å². The number of hydrogen-bond acceptors (Lipinski definition) is 3. The monoisotopic (exact) mass is 207 g/mol. The number of hydrogen-bond donors (Lipinski definition) is 1. The third kappa shape index (κ3) is 1.96. The lowest BCUT2D eigenvalue weighted by atomic mass is 10.3. The van der Waals surface area contributed by atoms with E-state index in [1.54, 1.807) is 16.0 Å². The number of nitrogens with one attached hydrogen (secondary N) is 1. The van der Waals surface area contributed by atoms with E-state index in [-0.39, 0.29) is 0 Å². The van der Waals surface area contributed by atoms with Crippen molar-refractivity contribution in [2.75, 3.05) is 5.32 Å². The maximum absolute atomic E-state index is 4.11. The molecule has 14 heavy (non-hydrogen) atoms. The fourth-order valence-electron chi connectivity index (χ4n) is 1.35. The molecule has 2 heterocycles. The molecule has 3 nitrogen and oxygen atoms in total. The van der Waals surface area contributed by atoms with Crippen LogP contribution in [0, 0.1) is 0 Å². The molecular formula is C10H13N3S. The Morgan fingerprint density at radius 3 is 3.00 bits per heavy atom. The second kappa shape index (κ2) is 3.84. The lowest BCUT2D eigenvalue weighted by Crippen LogP contribution is -2.03. The van der Waals surface area contributed by atoms with Gasteiger partial charge in [0.25, 0.3) is 0 Å². The van der Waals surface area contributed by atoms with Gasteiger partial charge in [0.2, 0.25) is 0 Å². The van der Waals surface area contributed by atoms with Gasteiger partial charge in [-0.05, 0) is 18.4 Å². The molecule has 2 aromatic rings. The third-order valence-electron chi connectivity index (χ3n) is 2.06. The quantitative estimate of drug-likeness (QED) is 0.838. The zero-order valence-electron chi connectivity index (χ0n) is 8.27. The molecule has 0 saturated carbocycles. The normalized spacial score (nSPS) is 12.7. The highest BCUT2D eigenvalue weighted by molar-refractivity contribution is 7.10. The molecule has 0 saturated heterocycles. The van der Waals surface area contributed by atoms with Gasteiger partial charge in [-0.25, -0.2) is 0 Å². The van der Waals surface area contributed by atoms with Gasteiger partial charge >= 0.3 is 0 Å². The first-order valence-electron chi connectivity index (χ1n) is 4.54. The number of aromatic nitrogens is 2. The van der Waals surface area contributed by atoms with Crippen LogP contribution >= 0.6 is 11.3 Å². The zero-order valence-corrected chi connectivity index (χ0v) is 9.08. The minimum atomic E-state index is 0.346. The van der Waals surface area contributed by atoms with Crippen LogP contribution in [0.4, 0.5) is 5.69 Å². The van der Waals surface area contributed by atoms with Crippen molar-refractivity contribution in [2.24, 2.45) is 7.05 Å². The van der Waals surface area contributed by atoms with Crippen LogP contribution in [0.2, 0.25) is 0 Å². The van der Waals surface area contributed by atoms with Crippen molar-refractivity contribution < 1.29 is 0 Å². The molecule has 0 aliphatic carbocycles. The first kappa shape index (κ1) is 9.27. The Hall–Kier alpha value is -1.29. The summed E-state index contributed by atoms with van der Waals surface area (Å²) in [6.07, 6.45) is 3.81. The summed E-state index contributed by atoms with van der Waals surface area (Å²) in [7, 11) is 1.92. The summed E-state index contributed by atoms with van der Waals surface area (Å²) in [5, 5.41) is 9.59. The second-order valence-corrected chi connectivity index (χ2v) is 4.26. The summed E-state index contributed by atoms with van der Waals surface area (Å²) in [5.74, 6) is 0. The van der Waals surface area contributed by atoms with E-state index >= 15 is 0 Å². The van der Waals surface area contributed by atoms with Crippen LogP contribution in [0.25, 0.3) is 0 Å². The summed E-state index contributed by atoms with van der Waals surface area (Å²) in [6, 6.07) is 4.55. The summed E-state index contributed by atoms with van der Waals surface area (Å²) < 4.78 is 1.80. The standard InChI is InChI=1S/C10H13N3S/c1-8(10-4-3-5-14-10)12-9-6-11-13(2)7-9/h3-8,12H,1-2H3/t8-/m0/s1. The van der Waals surface area contributed by atoms with E-state index in [0.717, 1.165) is 5.69 Å². The smallest absolute Gasteiger partial charge is 0.0731 e. The lowest BCUT2D eigenvalue weighted by molar-refractivity contribution is 0.767. The molecule has 0 spiro atoms. The molecule has 0 aliphatic rings. The van der Waals surface area contributed by atoms with Crippen molar-refractivity contribution >= 4 is 17.0 Å². The van der Waals surface area contributed by atoms with E-state index in [0.29, 0.717) is 6.04 Å². The fourth-order valence-corrected chi connectivity index (χ4v) is 2.09. The molecule has 1 N–H and O–H groups in total. The van der Waals surface area contributed by atoms with E-state index < -0.39 is 0 Å². The summed E-state index contributed by atoms with van der Waals surface area (Å²) in [4.78, 5) is 1.34. The van der Waals surface area contributed by atoms with Gasteiger partial charge in [-0.2, -0.15) is 5.10 Å². The number of rotatable bonds is 3. The first-order chi connectivity index (χ1) is 6.75. The predicted molar refractivity (Wildman–Crippen MR) is 59.6 cm³/mol. The van der Waals surface area contributed by atoms with E-state index in [1.165, 1.54) is 4.88 Å². The van der Waals surface area contributed by atoms with E-state index in [4.69, 9.17) is 0 Å². The molecule has 0 amide bonds. The maximum Gasteiger partial charge on any atom is 0.0731 e. The van der Waals surface area contributed by atoms with Crippen LogP contribution < -0.4 is 5.32 Å². The average Bonchev–Trinajstić information content (AvgIpc) is 2.75. The Bertz CT molecular complexity index is 391. The summed E-state index contributed by atoms with van der Waals surface area (Å²) >= 11 is 1.77. The molecule has 0 fully saturated rings. The van der Waals surface area contributed by atoms with Gasteiger partial charge in [-0.15, -0.1) is 11.3 Å². The minimum Gasteiger partial charge on any atom is -0.375 e. The van der Waals surface area contributed by atoms with Crippen LogP contribution in [0.1, 0.15) is 17.8 Å². The fraction of sp³-hybridized carbons (Fsp3) is 0.300. The Morgan fingerprint density at radius 1 is 1.57 bits per heavy atom. The highest BCUT2D eigenvalue weighted by Crippen LogP contribution is 2.22. The Morgan fingerprint density at radius 2 is 2.43 bits per heavy atom. The summed E-state index contributed by atoms with van der Waals surface area (Å²) in [5.41, 5.74) is 1.06. The number of nitrogens with zero attached hydrogens (tertiary/aromatic N) is 2. The molecule has 0 unspecified atom stereocenters. The van der Waals surface area contributed by atoms with Crippen LogP contribution in [-0.2, 0) is 7.05 Å². The van der Waals surface area contributed by atoms with Gasteiger partial charge in [0.05, 0.1) is 17.9 Å². The van der Waals surface area contributed by atoms with Crippen molar-refractivity contribution in [1.29, 1.82) is 0 Å². The van der Waals surface area contributed by atoms with Gasteiger partial charge < -0.3 is 5.32 Å². The maximum atomic E-state index is 4.11. The Labute approximate surface area is 87.4 Å². The molecule has 0 aliphatic heterocycles. The SMILES string of the molecule is C[C@H](Nc1cnn(C)c1)c1cccs1. The Kier molecular flexibility index (Phi) is 2.54. The molecule has 0 bridgehead atoms. The van der Waals surface area contributed by atoms with Gasteiger partial charge in [0.15, 0.2) is 0 Å². The van der Waals surface area contributed by atoms with Crippen LogP contribution in [0.15, 0.2) is 29.9 Å². The van der Waals surface area contributed by atoms with Crippen LogP contribution in [0.5, 0.6) is 0 Å². The van der Waals surface area contributed by atoms with Crippen molar-refractivity contribution in [1.82, 2.24) is 9.78 Å². The third-order valence-corrected chi connectivity index (χ3v) is 3.11. The number of thiophene rings is 1. The predicted octanol–water partition coefficient (Wildman–Crippen LogP) is 2.65. The number of anilines is 1. The average molecular weight is 207 g/mol. The molecule has 2 rings (SSSR count). The first-order valence-corrected chi connectivity index (χ1v) is 5.42. The Balaban J connectivity index is 2.05. The van der Waals surface area contributed by atoms with E-state index in [2.05, 4.69) is 34.9 Å². The van der Waals surface area contributed by atoms with Crippen LogP contribution in [0.3, 0.4) is 0 Å². The van der Waals surface area contributed by atoms with Gasteiger partial charge in [0, 0.05) is 18.1 Å². The molecule has 1 atom stereocenters. The van der Waals surface area contributed by atoms with Crippen molar-refractivity contribution in [2.45, 2.75) is 13.0 Å². The van der Waals surface area contributed by atoms with Crippen molar-refractivity contribution in [3.8, 4) is 0 Å². The molecule has 4 heteroatoms. The second-order valence-electron chi connectivity index (χ2n) is 3.28. The molecule has 74 valence electrons. The molecule has 2 aromatic heterocycles. The topological polar surface area (TPSA) is 29.9 Å². The van der Waals surface area contributed by atoms with Gasteiger partial charge in [0.1, 0.15) is 0 Å². The van der Waals surface area contributed by atoms with Gasteiger partial charge in [-0.3, -0.25) is 4.68 Å². The largest absolute Gasteiger partial charge is 0.375 e. The molecular weight excluding hydrogens is 194 g/mol. The molecule has 0 radical (unpaired) electrons. The van der Waals surface area contributed by atoms with Crippen LogP contribution in [-0.4, -0.2) is 9.78 Å². The summed E-state index contributed by atoms with van der Waals surface area (Å²) in [6.45, 7) is 2.15. The zero-order chi connectivity index (χ0) is 9.97. The molecule has 0 aromatic carbocycles. The van der Waals surface area contributed by atoms with E-state index in [9.17, 15) is 0 Å². The highest BCUT2D eigenvalue weighted by Gasteiger charge is 2.06.